The number of nitrogens with two attached hydrogens (primary N) is 1. The van der Waals surface area contributed by atoms with Gasteiger partial charge in [0.25, 0.3) is 0 Å². The molecule has 1 rings (SSSR count). The summed E-state index contributed by atoms with van der Waals surface area (Å²) in [5.74, 6) is 0.368. The third kappa shape index (κ3) is 4.19. The highest BCUT2D eigenvalue weighted by molar-refractivity contribution is 5.83. The smallest absolute Gasteiger partial charge is 0.227 e. The van der Waals surface area contributed by atoms with Gasteiger partial charge < -0.3 is 11.1 Å². The Bertz CT molecular complexity index is 337. The monoisotopic (exact) mass is 234 g/mol. The summed E-state index contributed by atoms with van der Waals surface area (Å²) in [6, 6.07) is 9.90. The van der Waals surface area contributed by atoms with Crippen LogP contribution in [0.3, 0.4) is 0 Å². The van der Waals surface area contributed by atoms with Crippen LogP contribution in [-0.4, -0.2) is 19.0 Å². The van der Waals surface area contributed by atoms with Crippen molar-refractivity contribution >= 4 is 5.91 Å². The van der Waals surface area contributed by atoms with Gasteiger partial charge in [0.05, 0.1) is 5.92 Å². The average Bonchev–Trinajstić information content (AvgIpc) is 2.38. The topological polar surface area (TPSA) is 55.1 Å². The van der Waals surface area contributed by atoms with Crippen LogP contribution >= 0.6 is 0 Å². The lowest BCUT2D eigenvalue weighted by molar-refractivity contribution is -0.122. The Kier molecular flexibility index (Phi) is 5.70. The molecular formula is C14H22N2O. The van der Waals surface area contributed by atoms with Gasteiger partial charge in [-0.1, -0.05) is 44.2 Å². The number of hydrogen-bond donors (Lipinski definition) is 2. The van der Waals surface area contributed by atoms with Gasteiger partial charge in [0, 0.05) is 6.54 Å². The molecule has 3 N–H and O–H groups in total. The van der Waals surface area contributed by atoms with E-state index in [2.05, 4.69) is 5.32 Å². The van der Waals surface area contributed by atoms with Gasteiger partial charge in [0.1, 0.15) is 0 Å². The van der Waals surface area contributed by atoms with Crippen molar-refractivity contribution < 1.29 is 4.79 Å². The van der Waals surface area contributed by atoms with Gasteiger partial charge in [0.15, 0.2) is 0 Å². The minimum atomic E-state index is -0.0545. The Labute approximate surface area is 103 Å². The molecule has 0 aliphatic heterocycles. The molecule has 1 amide bonds. The van der Waals surface area contributed by atoms with E-state index in [9.17, 15) is 4.79 Å². The quantitative estimate of drug-likeness (QED) is 0.789. The zero-order valence-corrected chi connectivity index (χ0v) is 10.6. The Morgan fingerprint density at radius 3 is 2.53 bits per heavy atom. The van der Waals surface area contributed by atoms with Crippen LogP contribution in [0.1, 0.15) is 31.7 Å². The summed E-state index contributed by atoms with van der Waals surface area (Å²) in [6.07, 6.45) is 0.812. The second-order valence-corrected chi connectivity index (χ2v) is 4.46. The van der Waals surface area contributed by atoms with Crippen molar-refractivity contribution in [3.63, 3.8) is 0 Å². The van der Waals surface area contributed by atoms with Crippen molar-refractivity contribution in [3.05, 3.63) is 35.9 Å². The van der Waals surface area contributed by atoms with Gasteiger partial charge in [-0.25, -0.2) is 0 Å². The Morgan fingerprint density at radius 2 is 2.00 bits per heavy atom. The molecular weight excluding hydrogens is 212 g/mol. The minimum absolute atomic E-state index is 0.0545. The summed E-state index contributed by atoms with van der Waals surface area (Å²) in [7, 11) is 0. The van der Waals surface area contributed by atoms with Crippen LogP contribution in [0, 0.1) is 5.92 Å². The molecule has 1 aromatic rings. The minimum Gasteiger partial charge on any atom is -0.355 e. The predicted molar refractivity (Wildman–Crippen MR) is 70.7 cm³/mol. The van der Waals surface area contributed by atoms with Crippen LogP contribution in [-0.2, 0) is 4.79 Å². The van der Waals surface area contributed by atoms with Crippen LogP contribution in [0.15, 0.2) is 30.3 Å². The molecule has 0 fully saturated rings. The molecule has 2 atom stereocenters. The van der Waals surface area contributed by atoms with E-state index in [0.29, 0.717) is 19.0 Å². The fraction of sp³-hybridized carbons (Fsp3) is 0.500. The highest BCUT2D eigenvalue weighted by Gasteiger charge is 2.18. The summed E-state index contributed by atoms with van der Waals surface area (Å²) >= 11 is 0. The van der Waals surface area contributed by atoms with E-state index in [1.807, 2.05) is 44.2 Å². The van der Waals surface area contributed by atoms with E-state index in [0.717, 1.165) is 12.0 Å². The zero-order chi connectivity index (χ0) is 12.7. The molecule has 3 nitrogen and oxygen atoms in total. The first-order valence-corrected chi connectivity index (χ1v) is 6.21. The lowest BCUT2D eigenvalue weighted by atomic mass is 9.95. The lowest BCUT2D eigenvalue weighted by Gasteiger charge is -2.17. The SMILES string of the molecule is CCC(C(=O)NCC(C)CN)c1ccccc1. The van der Waals surface area contributed by atoms with Crippen LogP contribution in [0.4, 0.5) is 0 Å². The van der Waals surface area contributed by atoms with Crippen molar-refractivity contribution in [3.8, 4) is 0 Å². The second kappa shape index (κ2) is 7.07. The highest BCUT2D eigenvalue weighted by atomic mass is 16.1. The van der Waals surface area contributed by atoms with Gasteiger partial charge in [-0.3, -0.25) is 4.79 Å². The van der Waals surface area contributed by atoms with Gasteiger partial charge in [-0.2, -0.15) is 0 Å². The molecule has 0 aromatic heterocycles. The van der Waals surface area contributed by atoms with E-state index < -0.39 is 0 Å². The Morgan fingerprint density at radius 1 is 1.35 bits per heavy atom. The molecule has 0 bridgehead atoms. The zero-order valence-electron chi connectivity index (χ0n) is 10.6. The van der Waals surface area contributed by atoms with Crippen molar-refractivity contribution in [2.75, 3.05) is 13.1 Å². The molecule has 0 aliphatic carbocycles. The average molecular weight is 234 g/mol. The number of benzene rings is 1. The molecule has 1 aromatic carbocycles. The third-order valence-electron chi connectivity index (χ3n) is 2.95. The largest absolute Gasteiger partial charge is 0.355 e. The van der Waals surface area contributed by atoms with Crippen molar-refractivity contribution in [2.24, 2.45) is 11.7 Å². The number of hydrogen-bond acceptors (Lipinski definition) is 2. The molecule has 2 unspecified atom stereocenters. The first kappa shape index (κ1) is 13.7. The van der Waals surface area contributed by atoms with Crippen LogP contribution in [0.25, 0.3) is 0 Å². The lowest BCUT2D eigenvalue weighted by Crippen LogP contribution is -2.34. The first-order valence-electron chi connectivity index (χ1n) is 6.21. The summed E-state index contributed by atoms with van der Waals surface area (Å²) in [4.78, 5) is 12.0. The number of amides is 1. The fourth-order valence-electron chi connectivity index (χ4n) is 1.74. The van der Waals surface area contributed by atoms with Crippen LogP contribution < -0.4 is 11.1 Å². The van der Waals surface area contributed by atoms with Gasteiger partial charge in [0.2, 0.25) is 5.91 Å². The number of carbonyl (C=O) groups excluding carboxylic acids is 1. The second-order valence-electron chi connectivity index (χ2n) is 4.46. The van der Waals surface area contributed by atoms with E-state index in [1.54, 1.807) is 0 Å². The van der Waals surface area contributed by atoms with E-state index in [4.69, 9.17) is 5.73 Å². The number of carbonyl (C=O) groups is 1. The molecule has 94 valence electrons. The fourth-order valence-corrected chi connectivity index (χ4v) is 1.74. The molecule has 0 aliphatic rings. The predicted octanol–water partition coefficient (Wildman–Crippen LogP) is 1.89. The Balaban J connectivity index is 2.59. The number of nitrogens with one attached hydrogen (secondary N) is 1. The summed E-state index contributed by atoms with van der Waals surface area (Å²) in [5.41, 5.74) is 6.60. The summed E-state index contributed by atoms with van der Waals surface area (Å²) in [5, 5.41) is 2.96. The normalized spacial score (nSPS) is 14.1. The number of rotatable bonds is 6. The summed E-state index contributed by atoms with van der Waals surface area (Å²) in [6.45, 7) is 5.31. The summed E-state index contributed by atoms with van der Waals surface area (Å²) < 4.78 is 0. The van der Waals surface area contributed by atoms with Crippen molar-refractivity contribution in [2.45, 2.75) is 26.2 Å². The highest BCUT2D eigenvalue weighted by Crippen LogP contribution is 2.19. The van der Waals surface area contributed by atoms with E-state index in [1.165, 1.54) is 0 Å². The van der Waals surface area contributed by atoms with Crippen LogP contribution in [0.2, 0.25) is 0 Å². The Hall–Kier alpha value is -1.35. The molecule has 0 saturated heterocycles. The van der Waals surface area contributed by atoms with Crippen molar-refractivity contribution in [1.82, 2.24) is 5.32 Å². The van der Waals surface area contributed by atoms with E-state index >= 15 is 0 Å². The maximum absolute atomic E-state index is 12.0. The molecule has 3 heteroatoms. The molecule has 0 spiro atoms. The molecule has 17 heavy (non-hydrogen) atoms. The molecule has 0 saturated carbocycles. The van der Waals surface area contributed by atoms with Gasteiger partial charge in [-0.15, -0.1) is 0 Å². The first-order chi connectivity index (χ1) is 8.19. The third-order valence-corrected chi connectivity index (χ3v) is 2.95. The standard InChI is InChI=1S/C14H22N2O/c1-3-13(12-7-5-4-6-8-12)14(17)16-10-11(2)9-15/h4-8,11,13H,3,9-10,15H2,1-2H3,(H,16,17). The molecule has 0 radical (unpaired) electrons. The maximum atomic E-state index is 12.0. The van der Waals surface area contributed by atoms with Gasteiger partial charge in [-0.05, 0) is 24.4 Å². The molecule has 0 heterocycles. The van der Waals surface area contributed by atoms with Crippen LogP contribution in [0.5, 0.6) is 0 Å². The maximum Gasteiger partial charge on any atom is 0.227 e. The van der Waals surface area contributed by atoms with E-state index in [-0.39, 0.29) is 11.8 Å². The van der Waals surface area contributed by atoms with Crippen molar-refractivity contribution in [1.29, 1.82) is 0 Å². The van der Waals surface area contributed by atoms with Gasteiger partial charge >= 0.3 is 0 Å².